The molecule has 0 radical (unpaired) electrons. The Morgan fingerprint density at radius 3 is 2.68 bits per heavy atom. The molecule has 1 aromatic carbocycles. The SMILES string of the molecule is COc1c(C(=O)N(C)CC(C)Br)cccc1[N+](=O)[O-]. The van der Waals surface area contributed by atoms with Crippen LogP contribution in [0.5, 0.6) is 5.75 Å². The van der Waals surface area contributed by atoms with Gasteiger partial charge in [-0.3, -0.25) is 14.9 Å². The lowest BCUT2D eigenvalue weighted by atomic mass is 10.1. The second kappa shape index (κ2) is 6.51. The molecule has 0 aliphatic rings. The Labute approximate surface area is 119 Å². The number of ether oxygens (including phenoxy) is 1. The molecule has 0 aromatic heterocycles. The highest BCUT2D eigenvalue weighted by Gasteiger charge is 2.24. The van der Waals surface area contributed by atoms with Gasteiger partial charge in [0.05, 0.1) is 17.6 Å². The van der Waals surface area contributed by atoms with Crippen molar-refractivity contribution in [3.63, 3.8) is 0 Å². The van der Waals surface area contributed by atoms with Crippen LogP contribution >= 0.6 is 15.9 Å². The molecule has 0 N–H and O–H groups in total. The number of para-hydroxylation sites is 1. The lowest BCUT2D eigenvalue weighted by molar-refractivity contribution is -0.385. The summed E-state index contributed by atoms with van der Waals surface area (Å²) in [6.07, 6.45) is 0. The van der Waals surface area contributed by atoms with Gasteiger partial charge in [-0.05, 0) is 6.07 Å². The molecule has 0 saturated heterocycles. The summed E-state index contributed by atoms with van der Waals surface area (Å²) < 4.78 is 5.01. The number of benzene rings is 1. The van der Waals surface area contributed by atoms with E-state index in [4.69, 9.17) is 4.74 Å². The Morgan fingerprint density at radius 2 is 2.21 bits per heavy atom. The van der Waals surface area contributed by atoms with Gasteiger partial charge in [0.25, 0.3) is 5.91 Å². The van der Waals surface area contributed by atoms with E-state index in [0.29, 0.717) is 6.54 Å². The summed E-state index contributed by atoms with van der Waals surface area (Å²) in [4.78, 5) is 24.2. The van der Waals surface area contributed by atoms with Crippen LogP contribution in [0.3, 0.4) is 0 Å². The summed E-state index contributed by atoms with van der Waals surface area (Å²) in [6, 6.07) is 4.30. The van der Waals surface area contributed by atoms with Crippen LogP contribution in [0.4, 0.5) is 5.69 Å². The van der Waals surface area contributed by atoms with Crippen LogP contribution in [0, 0.1) is 10.1 Å². The highest BCUT2D eigenvalue weighted by molar-refractivity contribution is 9.09. The second-order valence-corrected chi connectivity index (χ2v) is 5.64. The summed E-state index contributed by atoms with van der Waals surface area (Å²) >= 11 is 3.36. The summed E-state index contributed by atoms with van der Waals surface area (Å²) in [5.41, 5.74) is -0.0269. The zero-order chi connectivity index (χ0) is 14.6. The molecule has 0 aliphatic carbocycles. The van der Waals surface area contributed by atoms with Gasteiger partial charge in [-0.15, -0.1) is 0 Å². The molecule has 1 amide bonds. The minimum atomic E-state index is -0.567. The molecule has 104 valence electrons. The molecular weight excluding hydrogens is 316 g/mol. The van der Waals surface area contributed by atoms with E-state index in [1.165, 1.54) is 30.2 Å². The standard InChI is InChI=1S/C12H15BrN2O4/c1-8(13)7-14(2)12(16)9-5-4-6-10(15(17)18)11(9)19-3/h4-6,8H,7H2,1-3H3. The maximum atomic E-state index is 12.2. The summed E-state index contributed by atoms with van der Waals surface area (Å²) in [5, 5.41) is 10.9. The number of nitrogens with zero attached hydrogens (tertiary/aromatic N) is 2. The quantitative estimate of drug-likeness (QED) is 0.472. The molecule has 0 saturated carbocycles. The predicted octanol–water partition coefficient (Wildman–Crippen LogP) is 2.46. The molecule has 1 aromatic rings. The van der Waals surface area contributed by atoms with Crippen molar-refractivity contribution < 1.29 is 14.5 Å². The van der Waals surface area contributed by atoms with Gasteiger partial charge in [0.1, 0.15) is 0 Å². The van der Waals surface area contributed by atoms with Gasteiger partial charge in [-0.1, -0.05) is 28.9 Å². The van der Waals surface area contributed by atoms with E-state index in [2.05, 4.69) is 15.9 Å². The first-order chi connectivity index (χ1) is 8.88. The monoisotopic (exact) mass is 330 g/mol. The van der Waals surface area contributed by atoms with Crippen molar-refractivity contribution in [2.24, 2.45) is 0 Å². The number of amides is 1. The fourth-order valence-electron chi connectivity index (χ4n) is 1.72. The molecular formula is C12H15BrN2O4. The van der Waals surface area contributed by atoms with Crippen molar-refractivity contribution in [3.8, 4) is 5.75 Å². The number of halogens is 1. The van der Waals surface area contributed by atoms with Crippen molar-refractivity contribution in [3.05, 3.63) is 33.9 Å². The average Bonchev–Trinajstić information content (AvgIpc) is 2.35. The molecule has 0 heterocycles. The number of nitro benzene ring substituents is 1. The molecule has 0 spiro atoms. The minimum absolute atomic E-state index is 0.00780. The molecule has 0 bridgehead atoms. The molecule has 1 atom stereocenters. The van der Waals surface area contributed by atoms with E-state index in [-0.39, 0.29) is 27.7 Å². The molecule has 0 fully saturated rings. The smallest absolute Gasteiger partial charge is 0.311 e. The van der Waals surface area contributed by atoms with Gasteiger partial charge >= 0.3 is 5.69 Å². The van der Waals surface area contributed by atoms with Crippen LogP contribution in [-0.2, 0) is 0 Å². The van der Waals surface area contributed by atoms with E-state index >= 15 is 0 Å². The van der Waals surface area contributed by atoms with Gasteiger partial charge in [0, 0.05) is 24.5 Å². The van der Waals surface area contributed by atoms with Crippen LogP contribution in [0.1, 0.15) is 17.3 Å². The minimum Gasteiger partial charge on any atom is -0.490 e. The molecule has 1 rings (SSSR count). The lowest BCUT2D eigenvalue weighted by Crippen LogP contribution is -2.31. The Balaban J connectivity index is 3.16. The normalized spacial score (nSPS) is 11.8. The van der Waals surface area contributed by atoms with Crippen molar-refractivity contribution in [2.45, 2.75) is 11.8 Å². The highest BCUT2D eigenvalue weighted by atomic mass is 79.9. The largest absolute Gasteiger partial charge is 0.490 e. The van der Waals surface area contributed by atoms with Crippen LogP contribution in [-0.4, -0.2) is 41.3 Å². The van der Waals surface area contributed by atoms with Crippen molar-refractivity contribution in [2.75, 3.05) is 20.7 Å². The van der Waals surface area contributed by atoms with Crippen molar-refractivity contribution in [1.82, 2.24) is 4.90 Å². The fraction of sp³-hybridized carbons (Fsp3) is 0.417. The first kappa shape index (κ1) is 15.4. The zero-order valence-corrected chi connectivity index (χ0v) is 12.5. The third-order valence-corrected chi connectivity index (χ3v) is 2.79. The molecule has 0 aliphatic heterocycles. The Hall–Kier alpha value is -1.63. The van der Waals surface area contributed by atoms with Gasteiger partial charge in [0.15, 0.2) is 0 Å². The number of hydrogen-bond donors (Lipinski definition) is 0. The van der Waals surface area contributed by atoms with Gasteiger partial charge < -0.3 is 9.64 Å². The van der Waals surface area contributed by atoms with Crippen LogP contribution in [0.15, 0.2) is 18.2 Å². The summed E-state index contributed by atoms with van der Waals surface area (Å²) in [5.74, 6) is -0.321. The maximum Gasteiger partial charge on any atom is 0.311 e. The van der Waals surface area contributed by atoms with E-state index < -0.39 is 4.92 Å². The predicted molar refractivity (Wildman–Crippen MR) is 75.0 cm³/mol. The third-order valence-electron chi connectivity index (χ3n) is 2.50. The second-order valence-electron chi connectivity index (χ2n) is 4.08. The first-order valence-electron chi connectivity index (χ1n) is 5.59. The third kappa shape index (κ3) is 3.66. The van der Waals surface area contributed by atoms with E-state index in [0.717, 1.165) is 0 Å². The van der Waals surface area contributed by atoms with Gasteiger partial charge in [0.2, 0.25) is 5.75 Å². The number of alkyl halides is 1. The topological polar surface area (TPSA) is 72.7 Å². The highest BCUT2D eigenvalue weighted by Crippen LogP contribution is 2.31. The zero-order valence-electron chi connectivity index (χ0n) is 10.9. The van der Waals surface area contributed by atoms with Gasteiger partial charge in [-0.2, -0.15) is 0 Å². The number of carbonyl (C=O) groups is 1. The van der Waals surface area contributed by atoms with E-state index in [1.807, 2.05) is 6.92 Å². The van der Waals surface area contributed by atoms with Gasteiger partial charge in [-0.25, -0.2) is 0 Å². The number of nitro groups is 1. The molecule has 6 nitrogen and oxygen atoms in total. The maximum absolute atomic E-state index is 12.2. The number of carbonyl (C=O) groups excluding carboxylic acids is 1. The summed E-state index contributed by atoms with van der Waals surface area (Å²) in [7, 11) is 2.95. The number of methoxy groups -OCH3 is 1. The lowest BCUT2D eigenvalue weighted by Gasteiger charge is -2.19. The Bertz CT molecular complexity index is 491. The number of hydrogen-bond acceptors (Lipinski definition) is 4. The molecule has 7 heteroatoms. The van der Waals surface area contributed by atoms with Crippen molar-refractivity contribution in [1.29, 1.82) is 0 Å². The number of rotatable bonds is 5. The van der Waals surface area contributed by atoms with Crippen molar-refractivity contribution >= 4 is 27.5 Å². The fourth-order valence-corrected chi connectivity index (χ4v) is 2.15. The Kier molecular flexibility index (Phi) is 5.29. The Morgan fingerprint density at radius 1 is 1.58 bits per heavy atom. The van der Waals surface area contributed by atoms with E-state index in [9.17, 15) is 14.9 Å². The van der Waals surface area contributed by atoms with Crippen LogP contribution in [0.2, 0.25) is 0 Å². The average molecular weight is 331 g/mol. The molecule has 19 heavy (non-hydrogen) atoms. The van der Waals surface area contributed by atoms with Crippen LogP contribution < -0.4 is 4.74 Å². The van der Waals surface area contributed by atoms with E-state index in [1.54, 1.807) is 7.05 Å². The summed E-state index contributed by atoms with van der Waals surface area (Å²) in [6.45, 7) is 2.40. The first-order valence-corrected chi connectivity index (χ1v) is 6.51. The molecule has 1 unspecified atom stereocenters. The van der Waals surface area contributed by atoms with Crippen LogP contribution in [0.25, 0.3) is 0 Å².